The van der Waals surface area contributed by atoms with Crippen LogP contribution in [0.2, 0.25) is 0 Å². The molecule has 4 aliphatic rings. The molecule has 240 valence electrons. The van der Waals surface area contributed by atoms with Crippen LogP contribution in [-0.2, 0) is 26.3 Å². The maximum atomic E-state index is 13.5. The molecule has 12 nitrogen and oxygen atoms in total. The highest BCUT2D eigenvalue weighted by atomic mass is 32.2. The van der Waals surface area contributed by atoms with Crippen molar-refractivity contribution in [2.45, 2.75) is 62.9 Å². The number of nitrogens with one attached hydrogen (secondary N) is 2. The van der Waals surface area contributed by atoms with E-state index in [9.17, 15) is 22.8 Å². The van der Waals surface area contributed by atoms with Crippen LogP contribution in [0.15, 0.2) is 52.6 Å². The summed E-state index contributed by atoms with van der Waals surface area (Å²) in [7, 11) is 1.88. The Bertz CT molecular complexity index is 1800. The van der Waals surface area contributed by atoms with Crippen molar-refractivity contribution in [3.05, 3.63) is 63.9 Å². The second kappa shape index (κ2) is 11.7. The van der Waals surface area contributed by atoms with Gasteiger partial charge in [-0.2, -0.15) is 12.7 Å². The molecule has 6 rings (SSSR count). The predicted octanol–water partition coefficient (Wildman–Crippen LogP) is 2.78. The largest absolute Gasteiger partial charge is 0.496 e. The van der Waals surface area contributed by atoms with Crippen LogP contribution in [0.5, 0.6) is 5.75 Å². The van der Waals surface area contributed by atoms with Crippen molar-refractivity contribution < 1.29 is 27.5 Å². The number of primary amides is 1. The third kappa shape index (κ3) is 5.52. The SMILES string of the molecule is COc1ccc(C2CCCCC2)c2c1cc1n2CC2=C(C(=O)NS(=O)(=O)N(C)C)C2=C2C=CC[C@@H](NC(=O)N(C)CC(N)=O)C21. The molecule has 1 saturated carbocycles. The van der Waals surface area contributed by atoms with Gasteiger partial charge in [-0.25, -0.2) is 9.52 Å². The number of allylic oxidation sites excluding steroid dienone is 2. The smallest absolute Gasteiger partial charge is 0.317 e. The molecule has 1 aromatic heterocycles. The Balaban J connectivity index is 1.52. The zero-order valence-corrected chi connectivity index (χ0v) is 26.9. The van der Waals surface area contributed by atoms with Gasteiger partial charge in [0.1, 0.15) is 12.3 Å². The molecule has 0 spiro atoms. The summed E-state index contributed by atoms with van der Waals surface area (Å²) in [6.07, 6.45) is 10.2. The predicted molar refractivity (Wildman–Crippen MR) is 170 cm³/mol. The van der Waals surface area contributed by atoms with Crippen molar-refractivity contribution in [2.75, 3.05) is 34.8 Å². The van der Waals surface area contributed by atoms with Crippen LogP contribution in [-0.4, -0.2) is 80.9 Å². The van der Waals surface area contributed by atoms with Crippen molar-refractivity contribution in [2.24, 2.45) is 5.73 Å². The third-order valence-electron chi connectivity index (χ3n) is 9.46. The van der Waals surface area contributed by atoms with E-state index in [0.717, 1.165) is 69.1 Å². The fourth-order valence-corrected chi connectivity index (χ4v) is 7.76. The van der Waals surface area contributed by atoms with E-state index in [0.29, 0.717) is 24.5 Å². The number of hydrogen-bond acceptors (Lipinski definition) is 6. The Kier molecular flexibility index (Phi) is 8.02. The Morgan fingerprint density at radius 1 is 1.11 bits per heavy atom. The summed E-state index contributed by atoms with van der Waals surface area (Å²) in [6.45, 7) is 0.146. The minimum absolute atomic E-state index is 0.231. The molecule has 0 saturated heterocycles. The summed E-state index contributed by atoms with van der Waals surface area (Å²) in [5.74, 6) is -0.534. The van der Waals surface area contributed by atoms with Gasteiger partial charge in [0, 0.05) is 50.7 Å². The number of benzene rings is 1. The summed E-state index contributed by atoms with van der Waals surface area (Å²) >= 11 is 0. The minimum atomic E-state index is -4.01. The number of nitrogens with zero attached hydrogens (tertiary/aromatic N) is 3. The van der Waals surface area contributed by atoms with Crippen LogP contribution in [0.3, 0.4) is 0 Å². The maximum absolute atomic E-state index is 13.5. The van der Waals surface area contributed by atoms with E-state index in [1.165, 1.54) is 38.0 Å². The fraction of sp³-hybridized carbons (Fsp3) is 0.469. The Morgan fingerprint density at radius 2 is 1.84 bits per heavy atom. The molecule has 3 aliphatic carbocycles. The number of nitrogens with two attached hydrogens (primary N) is 1. The number of rotatable bonds is 8. The molecular weight excluding hydrogens is 596 g/mol. The molecular formula is C32H40N6O6S. The van der Waals surface area contributed by atoms with Gasteiger partial charge in [0.25, 0.3) is 5.91 Å². The van der Waals surface area contributed by atoms with Gasteiger partial charge in [-0.1, -0.05) is 37.5 Å². The zero-order chi connectivity index (χ0) is 32.2. The molecule has 4 N–H and O–H groups in total. The van der Waals surface area contributed by atoms with Crippen molar-refractivity contribution >= 4 is 39.0 Å². The lowest BCUT2D eigenvalue weighted by molar-refractivity contribution is -0.118. The normalized spacial score (nSPS) is 21.2. The molecule has 1 fully saturated rings. The third-order valence-corrected chi connectivity index (χ3v) is 10.9. The van der Waals surface area contributed by atoms with Crippen molar-refractivity contribution in [1.29, 1.82) is 0 Å². The van der Waals surface area contributed by atoms with Crippen molar-refractivity contribution in [1.82, 2.24) is 23.8 Å². The minimum Gasteiger partial charge on any atom is -0.496 e. The van der Waals surface area contributed by atoms with E-state index < -0.39 is 34.1 Å². The lowest BCUT2D eigenvalue weighted by Crippen LogP contribution is -2.48. The standard InChI is InChI=1S/C32H40N6O6S/c1-36(2)45(42,43)35-31(40)29-22-16-38-24(15-21-25(44-4)14-13-19(30(21)38)18-9-6-5-7-10-18)28-20(27(22)29)11-8-12-23(28)34-32(41)37(3)17-26(33)39/h8,11,13-15,18,23,28H,5-7,9-10,12,16-17H2,1-4H3,(H2,33,39)(H,34,41)(H,35,40)/t23-,28?/m1/s1. The van der Waals surface area contributed by atoms with E-state index in [4.69, 9.17) is 10.5 Å². The first-order valence-electron chi connectivity index (χ1n) is 15.3. The highest BCUT2D eigenvalue weighted by molar-refractivity contribution is 7.87. The van der Waals surface area contributed by atoms with Gasteiger partial charge in [-0.3, -0.25) is 9.59 Å². The average Bonchev–Trinajstić information content (AvgIpc) is 3.63. The van der Waals surface area contributed by atoms with Gasteiger partial charge in [0.2, 0.25) is 5.91 Å². The first-order valence-corrected chi connectivity index (χ1v) is 16.8. The van der Waals surface area contributed by atoms with Crippen molar-refractivity contribution in [3.63, 3.8) is 0 Å². The van der Waals surface area contributed by atoms with Crippen LogP contribution >= 0.6 is 0 Å². The summed E-state index contributed by atoms with van der Waals surface area (Å²) in [5, 5.41) is 4.07. The lowest BCUT2D eigenvalue weighted by Gasteiger charge is -2.33. The molecule has 1 aliphatic heterocycles. The number of carbonyl (C=O) groups excluding carboxylic acids is 3. The molecule has 2 heterocycles. The maximum Gasteiger partial charge on any atom is 0.317 e. The molecule has 0 radical (unpaired) electrons. The number of carbonyl (C=O) groups is 3. The number of urea groups is 1. The van der Waals surface area contributed by atoms with E-state index in [1.54, 1.807) is 7.11 Å². The van der Waals surface area contributed by atoms with Crippen LogP contribution < -0.4 is 20.5 Å². The van der Waals surface area contributed by atoms with Gasteiger partial charge in [-0.05, 0) is 59.6 Å². The Morgan fingerprint density at radius 3 is 2.51 bits per heavy atom. The molecule has 0 bridgehead atoms. The summed E-state index contributed by atoms with van der Waals surface area (Å²) < 4.78 is 36.4. The summed E-state index contributed by atoms with van der Waals surface area (Å²) in [4.78, 5) is 39.5. The fourth-order valence-electron chi connectivity index (χ4n) is 7.24. The van der Waals surface area contributed by atoms with E-state index in [-0.39, 0.29) is 12.5 Å². The summed E-state index contributed by atoms with van der Waals surface area (Å²) in [5.41, 5.74) is 11.3. The molecule has 1 aromatic carbocycles. The van der Waals surface area contributed by atoms with Crippen LogP contribution in [0, 0.1) is 0 Å². The first-order chi connectivity index (χ1) is 21.4. The van der Waals surface area contributed by atoms with Gasteiger partial charge in [-0.15, -0.1) is 0 Å². The van der Waals surface area contributed by atoms with Gasteiger partial charge < -0.3 is 25.3 Å². The van der Waals surface area contributed by atoms with E-state index in [2.05, 4.69) is 26.7 Å². The zero-order valence-electron chi connectivity index (χ0n) is 26.1. The van der Waals surface area contributed by atoms with Crippen LogP contribution in [0.4, 0.5) is 4.79 Å². The number of ether oxygens (including phenoxy) is 1. The Labute approximate surface area is 263 Å². The first kappa shape index (κ1) is 30.9. The number of likely N-dealkylation sites (N-methyl/N-ethyl adjacent to an activating group) is 1. The van der Waals surface area contributed by atoms with E-state index >= 15 is 0 Å². The second-order valence-corrected chi connectivity index (χ2v) is 14.4. The molecule has 2 aromatic rings. The Hall–Kier alpha value is -4.10. The van der Waals surface area contributed by atoms with Gasteiger partial charge >= 0.3 is 16.2 Å². The number of methoxy groups -OCH3 is 1. The molecule has 45 heavy (non-hydrogen) atoms. The topological polar surface area (TPSA) is 156 Å². The number of hydrogen-bond donors (Lipinski definition) is 3. The van der Waals surface area contributed by atoms with E-state index in [1.807, 2.05) is 18.2 Å². The quantitative estimate of drug-likeness (QED) is 0.405. The van der Waals surface area contributed by atoms with Crippen molar-refractivity contribution in [3.8, 4) is 5.75 Å². The molecule has 4 amide bonds. The molecule has 1 unspecified atom stereocenters. The second-order valence-electron chi connectivity index (χ2n) is 12.5. The molecule has 13 heteroatoms. The van der Waals surface area contributed by atoms with Crippen LogP contribution in [0.1, 0.15) is 61.6 Å². The highest BCUT2D eigenvalue weighted by Gasteiger charge is 2.46. The lowest BCUT2D eigenvalue weighted by atomic mass is 9.81. The summed E-state index contributed by atoms with van der Waals surface area (Å²) in [6, 6.07) is 5.46. The molecule has 2 atom stereocenters. The monoisotopic (exact) mass is 636 g/mol. The number of aromatic nitrogens is 1. The average molecular weight is 637 g/mol. The van der Waals surface area contributed by atoms with Gasteiger partial charge in [0.15, 0.2) is 0 Å². The number of fused-ring (bicyclic) bond motifs is 6. The highest BCUT2D eigenvalue weighted by Crippen LogP contribution is 2.54. The number of amides is 4. The van der Waals surface area contributed by atoms with Crippen LogP contribution in [0.25, 0.3) is 10.9 Å². The van der Waals surface area contributed by atoms with Gasteiger partial charge in [0.05, 0.1) is 18.2 Å².